The summed E-state index contributed by atoms with van der Waals surface area (Å²) in [5, 5.41) is 10.4. The predicted octanol–water partition coefficient (Wildman–Crippen LogP) is 0.960. The number of hydrogen-bond acceptors (Lipinski definition) is 7. The van der Waals surface area contributed by atoms with Crippen LogP contribution in [0.25, 0.3) is 11.0 Å². The number of carbonyl (C=O) groups excluding carboxylic acids is 3. The topological polar surface area (TPSA) is 114 Å². The Morgan fingerprint density at radius 1 is 1.12 bits per heavy atom. The van der Waals surface area contributed by atoms with E-state index in [4.69, 9.17) is 4.42 Å². The normalized spacial score (nSPS) is 14.6. The molecule has 0 unspecified atom stereocenters. The summed E-state index contributed by atoms with van der Waals surface area (Å²) < 4.78 is 9.71. The summed E-state index contributed by atoms with van der Waals surface area (Å²) in [5.74, 6) is -1.93. The quantitative estimate of drug-likeness (QED) is 0.493. The molecule has 0 atom stereocenters. The van der Waals surface area contributed by atoms with Gasteiger partial charge in [-0.25, -0.2) is 14.4 Å². The summed E-state index contributed by atoms with van der Waals surface area (Å²) in [5.41, 5.74) is 1.22. The number of aryl methyl sites for hydroxylation is 2. The van der Waals surface area contributed by atoms with Crippen molar-refractivity contribution in [1.29, 1.82) is 0 Å². The van der Waals surface area contributed by atoms with E-state index in [0.29, 0.717) is 27.7 Å². The van der Waals surface area contributed by atoms with Crippen LogP contribution in [0, 0.1) is 13.8 Å². The van der Waals surface area contributed by atoms with Crippen LogP contribution in [0.1, 0.15) is 23.1 Å². The van der Waals surface area contributed by atoms with Crippen molar-refractivity contribution in [3.8, 4) is 5.75 Å². The van der Waals surface area contributed by atoms with Crippen LogP contribution in [-0.4, -0.2) is 40.9 Å². The van der Waals surface area contributed by atoms with E-state index in [1.54, 1.807) is 19.9 Å². The molecule has 2 heterocycles. The lowest BCUT2D eigenvalue weighted by Crippen LogP contribution is -2.46. The summed E-state index contributed by atoms with van der Waals surface area (Å²) >= 11 is 0. The zero-order valence-electron chi connectivity index (χ0n) is 14.3. The molecule has 1 aromatic heterocycles. The molecule has 1 aromatic carbocycles. The Kier molecular flexibility index (Phi) is 4.50. The number of cyclic esters (lactones) is 2. The summed E-state index contributed by atoms with van der Waals surface area (Å²) in [6.45, 7) is 2.83. The number of hydrogen-bond donors (Lipinski definition) is 1. The van der Waals surface area contributed by atoms with E-state index >= 15 is 0 Å². The number of ether oxygens (including phenoxy) is 1. The molecule has 0 saturated carbocycles. The molecule has 1 aliphatic rings. The fraction of sp³-hybridized carbons (Fsp3) is 0.333. The standard InChI is InChI=1S/C18H17NO7/c1-9-11-3-5-13(20)10(2)17(11)26-18(24)12(9)4-6-14(21)19-7-15(22)25-16(23)8-19/h3,5,20H,4,6-8H2,1-2H3. The predicted molar refractivity (Wildman–Crippen MR) is 89.6 cm³/mol. The Morgan fingerprint density at radius 3 is 2.42 bits per heavy atom. The SMILES string of the molecule is Cc1c(CCC(=O)N2CC(=O)OC(=O)C2)c(=O)oc2c(C)c(O)ccc12. The third-order valence-electron chi connectivity index (χ3n) is 4.48. The van der Waals surface area contributed by atoms with Crippen molar-refractivity contribution < 1.29 is 28.6 Å². The maximum absolute atomic E-state index is 12.3. The summed E-state index contributed by atoms with van der Waals surface area (Å²) in [6.07, 6.45) is 0.0668. The Morgan fingerprint density at radius 2 is 1.77 bits per heavy atom. The minimum Gasteiger partial charge on any atom is -0.508 e. The molecule has 0 radical (unpaired) electrons. The van der Waals surface area contributed by atoms with E-state index in [9.17, 15) is 24.3 Å². The van der Waals surface area contributed by atoms with Gasteiger partial charge in [0.15, 0.2) is 0 Å². The van der Waals surface area contributed by atoms with Crippen LogP contribution >= 0.6 is 0 Å². The van der Waals surface area contributed by atoms with E-state index < -0.39 is 23.5 Å². The molecule has 1 N–H and O–H groups in total. The number of phenolic OH excluding ortho intramolecular Hbond substituents is 1. The molecule has 8 nitrogen and oxygen atoms in total. The van der Waals surface area contributed by atoms with Crippen molar-refractivity contribution >= 4 is 28.8 Å². The highest BCUT2D eigenvalue weighted by molar-refractivity contribution is 5.95. The number of benzene rings is 1. The minimum absolute atomic E-state index is 0.0321. The van der Waals surface area contributed by atoms with Gasteiger partial charge in [0.2, 0.25) is 5.91 Å². The van der Waals surface area contributed by atoms with Crippen LogP contribution in [0.15, 0.2) is 21.3 Å². The zero-order valence-corrected chi connectivity index (χ0v) is 14.3. The molecule has 0 bridgehead atoms. The Balaban J connectivity index is 1.84. The highest BCUT2D eigenvalue weighted by atomic mass is 16.6. The Labute approximate surface area is 148 Å². The second-order valence-electron chi connectivity index (χ2n) is 6.18. The van der Waals surface area contributed by atoms with E-state index in [1.165, 1.54) is 6.07 Å². The molecule has 3 rings (SSSR count). The van der Waals surface area contributed by atoms with Crippen LogP contribution in [0.5, 0.6) is 5.75 Å². The van der Waals surface area contributed by atoms with E-state index in [2.05, 4.69) is 4.74 Å². The number of morpholine rings is 1. The minimum atomic E-state index is -0.772. The average molecular weight is 359 g/mol. The number of aromatic hydroxyl groups is 1. The number of esters is 2. The van der Waals surface area contributed by atoms with E-state index in [1.807, 2.05) is 0 Å². The van der Waals surface area contributed by atoms with Gasteiger partial charge in [0.1, 0.15) is 24.4 Å². The number of carbonyl (C=O) groups is 3. The van der Waals surface area contributed by atoms with Crippen LogP contribution in [0.3, 0.4) is 0 Å². The first kappa shape index (κ1) is 17.7. The van der Waals surface area contributed by atoms with Crippen molar-refractivity contribution in [2.24, 2.45) is 0 Å². The first-order valence-electron chi connectivity index (χ1n) is 8.04. The van der Waals surface area contributed by atoms with Gasteiger partial charge in [-0.15, -0.1) is 0 Å². The number of amides is 1. The monoisotopic (exact) mass is 359 g/mol. The highest BCUT2D eigenvalue weighted by Gasteiger charge is 2.28. The zero-order chi connectivity index (χ0) is 19.0. The van der Waals surface area contributed by atoms with Gasteiger partial charge >= 0.3 is 17.6 Å². The molecular weight excluding hydrogens is 342 g/mol. The smallest absolute Gasteiger partial charge is 0.339 e. The van der Waals surface area contributed by atoms with Crippen LogP contribution in [0.4, 0.5) is 0 Å². The second kappa shape index (κ2) is 6.62. The molecule has 8 heteroatoms. The largest absolute Gasteiger partial charge is 0.508 e. The van der Waals surface area contributed by atoms with Gasteiger partial charge in [0, 0.05) is 22.9 Å². The van der Waals surface area contributed by atoms with Gasteiger partial charge in [-0.1, -0.05) is 0 Å². The van der Waals surface area contributed by atoms with Gasteiger partial charge in [-0.2, -0.15) is 0 Å². The number of phenols is 1. The van der Waals surface area contributed by atoms with Crippen LogP contribution in [0.2, 0.25) is 0 Å². The second-order valence-corrected chi connectivity index (χ2v) is 6.18. The number of nitrogens with zero attached hydrogens (tertiary/aromatic N) is 1. The van der Waals surface area contributed by atoms with Crippen molar-refractivity contribution in [3.63, 3.8) is 0 Å². The molecule has 136 valence electrons. The van der Waals surface area contributed by atoms with E-state index in [-0.39, 0.29) is 31.7 Å². The number of fused-ring (bicyclic) bond motifs is 1. The van der Waals surface area contributed by atoms with Gasteiger partial charge in [-0.3, -0.25) is 4.79 Å². The van der Waals surface area contributed by atoms with Crippen molar-refractivity contribution in [1.82, 2.24) is 4.90 Å². The molecule has 1 amide bonds. The molecule has 0 spiro atoms. The fourth-order valence-corrected chi connectivity index (χ4v) is 2.99. The van der Waals surface area contributed by atoms with Crippen molar-refractivity contribution in [2.45, 2.75) is 26.7 Å². The van der Waals surface area contributed by atoms with Crippen molar-refractivity contribution in [2.75, 3.05) is 13.1 Å². The van der Waals surface area contributed by atoms with Gasteiger partial charge in [-0.05, 0) is 38.0 Å². The highest BCUT2D eigenvalue weighted by Crippen LogP contribution is 2.28. The van der Waals surface area contributed by atoms with Crippen molar-refractivity contribution in [3.05, 3.63) is 39.2 Å². The third kappa shape index (κ3) is 3.17. The fourth-order valence-electron chi connectivity index (χ4n) is 2.99. The summed E-state index contributed by atoms with van der Waals surface area (Å²) in [6, 6.07) is 3.17. The molecular formula is C18H17NO7. The average Bonchev–Trinajstić information content (AvgIpc) is 2.57. The lowest BCUT2D eigenvalue weighted by molar-refractivity contribution is -0.170. The van der Waals surface area contributed by atoms with E-state index in [0.717, 1.165) is 4.90 Å². The molecule has 1 aliphatic heterocycles. The van der Waals surface area contributed by atoms with Gasteiger partial charge in [0.25, 0.3) is 0 Å². The summed E-state index contributed by atoms with van der Waals surface area (Å²) in [7, 11) is 0. The third-order valence-corrected chi connectivity index (χ3v) is 4.48. The maximum atomic E-state index is 12.3. The molecule has 0 aliphatic carbocycles. The van der Waals surface area contributed by atoms with Crippen LogP contribution in [-0.2, 0) is 25.5 Å². The first-order valence-corrected chi connectivity index (χ1v) is 8.04. The first-order chi connectivity index (χ1) is 12.3. The lowest BCUT2D eigenvalue weighted by atomic mass is 10.00. The Bertz CT molecular complexity index is 973. The van der Waals surface area contributed by atoms with Gasteiger partial charge in [0.05, 0.1) is 0 Å². The maximum Gasteiger partial charge on any atom is 0.339 e. The number of rotatable bonds is 3. The molecule has 1 fully saturated rings. The molecule has 26 heavy (non-hydrogen) atoms. The van der Waals surface area contributed by atoms with Gasteiger partial charge < -0.3 is 19.2 Å². The summed E-state index contributed by atoms with van der Waals surface area (Å²) in [4.78, 5) is 48.2. The Hall–Kier alpha value is -3.16. The molecule has 1 saturated heterocycles. The molecule has 2 aromatic rings. The lowest BCUT2D eigenvalue weighted by Gasteiger charge is -2.24. The van der Waals surface area contributed by atoms with Crippen LogP contribution < -0.4 is 5.63 Å².